The predicted octanol–water partition coefficient (Wildman–Crippen LogP) is 3.47. The Morgan fingerprint density at radius 1 is 1.29 bits per heavy atom. The molecular formula is C16H21ClFNO2. The fraction of sp³-hybridized carbons (Fsp3) is 0.562. The topological polar surface area (TPSA) is 40.5 Å². The Balaban J connectivity index is 0.00000161. The van der Waals surface area contributed by atoms with Crippen molar-refractivity contribution in [3.05, 3.63) is 35.6 Å². The molecule has 0 radical (unpaired) electrons. The molecule has 1 aliphatic carbocycles. The summed E-state index contributed by atoms with van der Waals surface area (Å²) in [7, 11) is 0. The van der Waals surface area contributed by atoms with Gasteiger partial charge in [-0.15, -0.1) is 12.4 Å². The van der Waals surface area contributed by atoms with E-state index in [0.29, 0.717) is 30.5 Å². The Bertz CT molecular complexity index is 511. The molecule has 1 saturated carbocycles. The number of hydrogen-bond donors (Lipinski definition) is 1. The van der Waals surface area contributed by atoms with E-state index in [1.54, 1.807) is 12.1 Å². The maximum Gasteiger partial charge on any atom is 0.320 e. The highest BCUT2D eigenvalue weighted by Gasteiger charge is 2.45. The van der Waals surface area contributed by atoms with Crippen LogP contribution in [-0.2, 0) is 11.3 Å². The lowest BCUT2D eigenvalue weighted by Gasteiger charge is -2.33. The van der Waals surface area contributed by atoms with Crippen LogP contribution < -0.4 is 0 Å². The van der Waals surface area contributed by atoms with Gasteiger partial charge < -0.3 is 5.11 Å². The van der Waals surface area contributed by atoms with Crippen molar-refractivity contribution in [1.82, 2.24) is 4.90 Å². The van der Waals surface area contributed by atoms with Gasteiger partial charge in [0.25, 0.3) is 0 Å². The van der Waals surface area contributed by atoms with Crippen LogP contribution in [-0.4, -0.2) is 28.1 Å². The number of aliphatic carboxylic acids is 1. The number of carboxylic acids is 1. The van der Waals surface area contributed by atoms with E-state index in [1.807, 2.05) is 11.0 Å². The average Bonchev–Trinajstić information content (AvgIpc) is 2.81. The lowest BCUT2D eigenvalue weighted by molar-refractivity contribution is -0.142. The van der Waals surface area contributed by atoms with Gasteiger partial charge in [-0.3, -0.25) is 9.69 Å². The average molecular weight is 314 g/mol. The van der Waals surface area contributed by atoms with E-state index < -0.39 is 12.0 Å². The van der Waals surface area contributed by atoms with E-state index in [9.17, 15) is 14.3 Å². The van der Waals surface area contributed by atoms with Gasteiger partial charge in [0, 0.05) is 18.2 Å². The molecule has 0 aromatic heterocycles. The Hall–Kier alpha value is -1.13. The molecule has 1 aromatic carbocycles. The van der Waals surface area contributed by atoms with Crippen molar-refractivity contribution in [2.24, 2.45) is 5.92 Å². The smallest absolute Gasteiger partial charge is 0.320 e. The van der Waals surface area contributed by atoms with Crippen LogP contribution in [0.15, 0.2) is 24.3 Å². The zero-order valence-electron chi connectivity index (χ0n) is 11.9. The summed E-state index contributed by atoms with van der Waals surface area (Å²) in [5, 5.41) is 9.44. The summed E-state index contributed by atoms with van der Waals surface area (Å²) in [6.45, 7) is 0.408. The van der Waals surface area contributed by atoms with Crippen LogP contribution in [0.3, 0.4) is 0 Å². The monoisotopic (exact) mass is 313 g/mol. The van der Waals surface area contributed by atoms with Crippen LogP contribution in [0.5, 0.6) is 0 Å². The number of benzene rings is 1. The number of likely N-dealkylation sites (tertiary alicyclic amines) is 1. The van der Waals surface area contributed by atoms with Gasteiger partial charge in [0.15, 0.2) is 0 Å². The molecule has 0 amide bonds. The minimum atomic E-state index is -0.768. The first-order valence-corrected chi connectivity index (χ1v) is 7.39. The van der Waals surface area contributed by atoms with Crippen molar-refractivity contribution in [3.63, 3.8) is 0 Å². The van der Waals surface area contributed by atoms with Gasteiger partial charge in [0.05, 0.1) is 0 Å². The zero-order chi connectivity index (χ0) is 14.1. The predicted molar refractivity (Wildman–Crippen MR) is 81.0 cm³/mol. The number of carbonyl (C=O) groups is 1. The second-order valence-electron chi connectivity index (χ2n) is 5.97. The number of carboxylic acid groups (broad SMARTS) is 1. The van der Waals surface area contributed by atoms with Crippen LogP contribution in [0.1, 0.15) is 37.7 Å². The standard InChI is InChI=1S/C16H20FNO2.ClH/c17-13-7-3-1-6-12(13)10-18-14-8-4-2-5-11(14)9-15(18)16(19)20;/h1,3,6-7,11,14-15H,2,4-5,8-10H2,(H,19,20);1H. The fourth-order valence-electron chi connectivity index (χ4n) is 3.85. The number of hydrogen-bond acceptors (Lipinski definition) is 2. The second-order valence-corrected chi connectivity index (χ2v) is 5.97. The van der Waals surface area contributed by atoms with Crippen LogP contribution in [0, 0.1) is 11.7 Å². The third kappa shape index (κ3) is 3.22. The number of fused-ring (bicyclic) bond motifs is 1. The van der Waals surface area contributed by atoms with Gasteiger partial charge in [-0.05, 0) is 31.2 Å². The highest BCUT2D eigenvalue weighted by Crippen LogP contribution is 2.40. The summed E-state index contributed by atoms with van der Waals surface area (Å²) in [6.07, 6.45) is 5.22. The lowest BCUT2D eigenvalue weighted by atomic mass is 9.84. The molecule has 0 spiro atoms. The Kier molecular flexibility index (Phi) is 5.22. The molecular weight excluding hydrogens is 293 g/mol. The number of nitrogens with zero attached hydrogens (tertiary/aromatic N) is 1. The molecule has 1 heterocycles. The largest absolute Gasteiger partial charge is 0.480 e. The van der Waals surface area contributed by atoms with E-state index in [4.69, 9.17) is 0 Å². The SMILES string of the molecule is Cl.O=C(O)C1CC2CCCCC2N1Cc1ccccc1F. The highest BCUT2D eigenvalue weighted by atomic mass is 35.5. The minimum Gasteiger partial charge on any atom is -0.480 e. The molecule has 116 valence electrons. The van der Waals surface area contributed by atoms with Crippen molar-refractivity contribution in [2.75, 3.05) is 0 Å². The van der Waals surface area contributed by atoms with Gasteiger partial charge >= 0.3 is 5.97 Å². The Labute approximate surface area is 130 Å². The first kappa shape index (κ1) is 16.2. The third-order valence-electron chi connectivity index (χ3n) is 4.82. The van der Waals surface area contributed by atoms with E-state index in [1.165, 1.54) is 12.5 Å². The normalized spacial score (nSPS) is 28.7. The van der Waals surface area contributed by atoms with Crippen molar-refractivity contribution in [3.8, 4) is 0 Å². The zero-order valence-corrected chi connectivity index (χ0v) is 12.7. The molecule has 3 atom stereocenters. The van der Waals surface area contributed by atoms with Crippen LogP contribution in [0.4, 0.5) is 4.39 Å². The molecule has 5 heteroatoms. The van der Waals surface area contributed by atoms with Crippen LogP contribution >= 0.6 is 12.4 Å². The van der Waals surface area contributed by atoms with Crippen molar-refractivity contribution in [2.45, 2.75) is 50.7 Å². The summed E-state index contributed by atoms with van der Waals surface area (Å²) >= 11 is 0. The minimum absolute atomic E-state index is 0. The first-order chi connectivity index (χ1) is 9.66. The first-order valence-electron chi connectivity index (χ1n) is 7.39. The van der Waals surface area contributed by atoms with Gasteiger partial charge in [0.2, 0.25) is 0 Å². The highest BCUT2D eigenvalue weighted by molar-refractivity contribution is 5.85. The summed E-state index contributed by atoms with van der Waals surface area (Å²) in [5.74, 6) is -0.539. The summed E-state index contributed by atoms with van der Waals surface area (Å²) in [6, 6.07) is 6.53. The van der Waals surface area contributed by atoms with Gasteiger partial charge in [-0.25, -0.2) is 4.39 Å². The van der Waals surface area contributed by atoms with Crippen molar-refractivity contribution >= 4 is 18.4 Å². The molecule has 1 N–H and O–H groups in total. The van der Waals surface area contributed by atoms with Gasteiger partial charge in [-0.2, -0.15) is 0 Å². The second kappa shape index (κ2) is 6.75. The molecule has 1 aromatic rings. The van der Waals surface area contributed by atoms with Crippen LogP contribution in [0.25, 0.3) is 0 Å². The Morgan fingerprint density at radius 2 is 2.00 bits per heavy atom. The maximum absolute atomic E-state index is 13.8. The van der Waals surface area contributed by atoms with Crippen LogP contribution in [0.2, 0.25) is 0 Å². The molecule has 1 saturated heterocycles. The number of rotatable bonds is 3. The van der Waals surface area contributed by atoms with Crippen molar-refractivity contribution in [1.29, 1.82) is 0 Å². The van der Waals surface area contributed by atoms with Crippen molar-refractivity contribution < 1.29 is 14.3 Å². The molecule has 3 rings (SSSR count). The summed E-state index contributed by atoms with van der Waals surface area (Å²) in [5.41, 5.74) is 0.602. The molecule has 0 bridgehead atoms. The molecule has 3 unspecified atom stereocenters. The molecule has 3 nitrogen and oxygen atoms in total. The Morgan fingerprint density at radius 3 is 2.71 bits per heavy atom. The van der Waals surface area contributed by atoms with E-state index >= 15 is 0 Å². The fourth-order valence-corrected chi connectivity index (χ4v) is 3.85. The molecule has 2 fully saturated rings. The van der Waals surface area contributed by atoms with E-state index in [-0.39, 0.29) is 18.2 Å². The van der Waals surface area contributed by atoms with E-state index in [2.05, 4.69) is 0 Å². The molecule has 2 aliphatic rings. The van der Waals surface area contributed by atoms with E-state index in [0.717, 1.165) is 19.3 Å². The maximum atomic E-state index is 13.8. The molecule has 1 aliphatic heterocycles. The number of halogens is 2. The quantitative estimate of drug-likeness (QED) is 0.929. The van der Waals surface area contributed by atoms with Gasteiger partial charge in [0.1, 0.15) is 11.9 Å². The third-order valence-corrected chi connectivity index (χ3v) is 4.82. The summed E-state index contributed by atoms with van der Waals surface area (Å²) in [4.78, 5) is 13.5. The summed E-state index contributed by atoms with van der Waals surface area (Å²) < 4.78 is 13.8. The lowest BCUT2D eigenvalue weighted by Crippen LogP contribution is -2.41. The molecule has 21 heavy (non-hydrogen) atoms. The van der Waals surface area contributed by atoms with Gasteiger partial charge in [-0.1, -0.05) is 31.0 Å².